The first-order chi connectivity index (χ1) is 9.82. The number of H-pyrrole nitrogens is 1. The summed E-state index contributed by atoms with van der Waals surface area (Å²) in [6.45, 7) is 1.83. The molecule has 0 amide bonds. The van der Waals surface area contributed by atoms with E-state index >= 15 is 0 Å². The van der Waals surface area contributed by atoms with E-state index in [1.54, 1.807) is 6.92 Å². The molecular weight excluding hydrogens is 321 g/mol. The molecule has 2 aromatic rings. The molecular formula is C11H13ClFN5O2S. The monoisotopic (exact) mass is 333 g/mol. The molecule has 1 heterocycles. The molecule has 1 aromatic carbocycles. The topological polar surface area (TPSA) is 91.8 Å². The lowest BCUT2D eigenvalue weighted by molar-refractivity contribution is 0.435. The van der Waals surface area contributed by atoms with E-state index in [2.05, 4.69) is 20.6 Å². The zero-order valence-electron chi connectivity index (χ0n) is 11.3. The fourth-order valence-electron chi connectivity index (χ4n) is 1.80. The molecule has 1 atom stereocenters. The van der Waals surface area contributed by atoms with Crippen LogP contribution in [0.3, 0.4) is 0 Å². The summed E-state index contributed by atoms with van der Waals surface area (Å²) in [6.07, 6.45) is 0. The predicted molar refractivity (Wildman–Crippen MR) is 73.8 cm³/mol. The highest BCUT2D eigenvalue weighted by molar-refractivity contribution is 7.89. The second-order valence-corrected chi connectivity index (χ2v) is 6.98. The smallest absolute Gasteiger partial charge is 0.207 e. The highest BCUT2D eigenvalue weighted by Gasteiger charge is 2.27. The Kier molecular flexibility index (Phi) is 4.55. The molecule has 1 N–H and O–H groups in total. The van der Waals surface area contributed by atoms with Crippen molar-refractivity contribution in [2.24, 2.45) is 0 Å². The summed E-state index contributed by atoms with van der Waals surface area (Å²) >= 11 is 5.62. The number of tetrazole rings is 1. The number of halogens is 2. The second kappa shape index (κ2) is 6.04. The Morgan fingerprint density at radius 3 is 2.76 bits per heavy atom. The maximum absolute atomic E-state index is 13.8. The highest BCUT2D eigenvalue weighted by atomic mass is 35.5. The number of rotatable bonds is 5. The third kappa shape index (κ3) is 3.36. The van der Waals surface area contributed by atoms with Gasteiger partial charge >= 0.3 is 0 Å². The molecule has 0 radical (unpaired) electrons. The molecule has 21 heavy (non-hydrogen) atoms. The van der Waals surface area contributed by atoms with Crippen molar-refractivity contribution in [3.05, 3.63) is 34.9 Å². The zero-order chi connectivity index (χ0) is 15.6. The van der Waals surface area contributed by atoms with Crippen molar-refractivity contribution in [2.45, 2.75) is 17.7 Å². The molecule has 0 aliphatic heterocycles. The van der Waals surface area contributed by atoms with Crippen molar-refractivity contribution in [3.8, 4) is 0 Å². The Labute approximate surface area is 126 Å². The van der Waals surface area contributed by atoms with Gasteiger partial charge in [0.1, 0.15) is 10.7 Å². The molecule has 0 saturated heterocycles. The molecule has 10 heteroatoms. The van der Waals surface area contributed by atoms with Crippen molar-refractivity contribution in [1.29, 1.82) is 0 Å². The Bertz CT molecular complexity index is 722. The van der Waals surface area contributed by atoms with E-state index in [1.165, 1.54) is 13.1 Å². The van der Waals surface area contributed by atoms with Gasteiger partial charge in [0, 0.05) is 24.5 Å². The van der Waals surface area contributed by atoms with Crippen molar-refractivity contribution < 1.29 is 12.8 Å². The number of aromatic amines is 1. The highest BCUT2D eigenvalue weighted by Crippen LogP contribution is 2.23. The van der Waals surface area contributed by atoms with Crippen LogP contribution in [-0.4, -0.2) is 46.9 Å². The molecule has 2 rings (SSSR count). The molecule has 0 spiro atoms. The molecule has 114 valence electrons. The lowest BCUT2D eigenvalue weighted by Gasteiger charge is -2.20. The van der Waals surface area contributed by atoms with Crippen LogP contribution in [0.5, 0.6) is 0 Å². The van der Waals surface area contributed by atoms with Gasteiger partial charge in [0.25, 0.3) is 0 Å². The zero-order valence-corrected chi connectivity index (χ0v) is 12.9. The van der Waals surface area contributed by atoms with Gasteiger partial charge in [-0.2, -0.15) is 5.21 Å². The summed E-state index contributed by atoms with van der Waals surface area (Å²) in [4.78, 5) is -0.422. The lowest BCUT2D eigenvalue weighted by atomic mass is 10.2. The van der Waals surface area contributed by atoms with Crippen LogP contribution in [0.1, 0.15) is 18.7 Å². The van der Waals surface area contributed by atoms with Crippen LogP contribution < -0.4 is 0 Å². The van der Waals surface area contributed by atoms with Crippen LogP contribution in [0, 0.1) is 5.82 Å². The average molecular weight is 334 g/mol. The van der Waals surface area contributed by atoms with E-state index in [9.17, 15) is 12.8 Å². The maximum atomic E-state index is 13.8. The Morgan fingerprint density at radius 1 is 1.48 bits per heavy atom. The number of nitrogens with zero attached hydrogens (tertiary/aromatic N) is 4. The predicted octanol–water partition coefficient (Wildman–Crippen LogP) is 1.42. The van der Waals surface area contributed by atoms with Crippen molar-refractivity contribution in [1.82, 2.24) is 24.9 Å². The number of benzene rings is 1. The number of hydrogen-bond acceptors (Lipinski definition) is 5. The van der Waals surface area contributed by atoms with Gasteiger partial charge in [0.05, 0.1) is 0 Å². The fraction of sp³-hybridized carbons (Fsp3) is 0.364. The van der Waals surface area contributed by atoms with Crippen LogP contribution in [0.25, 0.3) is 0 Å². The van der Waals surface area contributed by atoms with Gasteiger partial charge in [-0.05, 0) is 18.2 Å². The number of likely N-dealkylation sites (N-methyl/N-ethyl adjacent to an activating group) is 1. The van der Waals surface area contributed by atoms with Gasteiger partial charge in [0.15, 0.2) is 5.82 Å². The quantitative estimate of drug-likeness (QED) is 0.893. The van der Waals surface area contributed by atoms with Gasteiger partial charge in [-0.1, -0.05) is 23.7 Å². The van der Waals surface area contributed by atoms with E-state index in [-0.39, 0.29) is 17.5 Å². The molecule has 0 aliphatic carbocycles. The first-order valence-electron chi connectivity index (χ1n) is 5.97. The van der Waals surface area contributed by atoms with Gasteiger partial charge < -0.3 is 0 Å². The third-order valence-electron chi connectivity index (χ3n) is 2.92. The summed E-state index contributed by atoms with van der Waals surface area (Å²) in [7, 11) is -2.60. The number of aromatic nitrogens is 4. The molecule has 1 unspecified atom stereocenters. The Hall–Kier alpha value is -1.58. The van der Waals surface area contributed by atoms with E-state index in [4.69, 9.17) is 11.6 Å². The molecule has 0 saturated carbocycles. The first-order valence-corrected chi connectivity index (χ1v) is 7.79. The van der Waals surface area contributed by atoms with E-state index < -0.39 is 20.7 Å². The van der Waals surface area contributed by atoms with Gasteiger partial charge in [0.2, 0.25) is 10.0 Å². The maximum Gasteiger partial charge on any atom is 0.245 e. The molecule has 0 bridgehead atoms. The Morgan fingerprint density at radius 2 is 2.19 bits per heavy atom. The van der Waals surface area contributed by atoms with Crippen LogP contribution in [-0.2, 0) is 10.0 Å². The summed E-state index contributed by atoms with van der Waals surface area (Å²) < 4.78 is 39.5. The van der Waals surface area contributed by atoms with Gasteiger partial charge in [-0.15, -0.1) is 10.2 Å². The number of nitrogens with one attached hydrogen (secondary N) is 1. The number of sulfonamides is 1. The molecule has 0 aliphatic rings. The van der Waals surface area contributed by atoms with Crippen molar-refractivity contribution >= 4 is 21.6 Å². The van der Waals surface area contributed by atoms with Crippen molar-refractivity contribution in [2.75, 3.05) is 13.6 Å². The van der Waals surface area contributed by atoms with Gasteiger partial charge in [-0.25, -0.2) is 17.1 Å². The second-order valence-electron chi connectivity index (χ2n) is 4.53. The first kappa shape index (κ1) is 15.8. The summed E-state index contributed by atoms with van der Waals surface area (Å²) in [6, 6.07) is 3.43. The standard InChI is InChI=1S/C11H13ClFN5O2S/c1-7(11-14-16-17-15-11)6-18(2)21(19,20)10-4-3-8(12)5-9(10)13/h3-5,7H,6H2,1-2H3,(H,14,15,16,17). The fourth-order valence-corrected chi connectivity index (χ4v) is 3.26. The summed E-state index contributed by atoms with van der Waals surface area (Å²) in [5, 5.41) is 13.4. The van der Waals surface area contributed by atoms with Crippen LogP contribution in [0.2, 0.25) is 5.02 Å². The van der Waals surface area contributed by atoms with Gasteiger partial charge in [-0.3, -0.25) is 0 Å². The SMILES string of the molecule is CC(CN(C)S(=O)(=O)c1ccc(Cl)cc1F)c1nn[nH]n1. The molecule has 0 fully saturated rings. The average Bonchev–Trinajstić information content (AvgIpc) is 2.91. The van der Waals surface area contributed by atoms with E-state index in [0.29, 0.717) is 5.82 Å². The minimum Gasteiger partial charge on any atom is -0.207 e. The van der Waals surface area contributed by atoms with Crippen molar-refractivity contribution in [3.63, 3.8) is 0 Å². The summed E-state index contributed by atoms with van der Waals surface area (Å²) in [5.74, 6) is -0.797. The number of hydrogen-bond donors (Lipinski definition) is 1. The van der Waals surface area contributed by atoms with E-state index in [0.717, 1.165) is 16.4 Å². The molecule has 1 aromatic heterocycles. The van der Waals surface area contributed by atoms with Crippen LogP contribution in [0.4, 0.5) is 4.39 Å². The molecule has 7 nitrogen and oxygen atoms in total. The normalized spacial score (nSPS) is 13.6. The van der Waals surface area contributed by atoms with Crippen LogP contribution in [0.15, 0.2) is 23.1 Å². The minimum atomic E-state index is -3.96. The summed E-state index contributed by atoms with van der Waals surface area (Å²) in [5.41, 5.74) is 0. The minimum absolute atomic E-state index is 0.0872. The third-order valence-corrected chi connectivity index (χ3v) is 5.01. The Balaban J connectivity index is 2.22. The lowest BCUT2D eigenvalue weighted by Crippen LogP contribution is -2.31. The van der Waals surface area contributed by atoms with E-state index in [1.807, 2.05) is 0 Å². The largest absolute Gasteiger partial charge is 0.245 e. The van der Waals surface area contributed by atoms with Crippen LogP contribution >= 0.6 is 11.6 Å².